The Balaban J connectivity index is 0.731. The Labute approximate surface area is 523 Å². The van der Waals surface area contributed by atoms with E-state index in [2.05, 4.69) is 328 Å². The number of fused-ring (bicyclic) bond motifs is 10. The minimum atomic E-state index is -0.0570. The van der Waals surface area contributed by atoms with E-state index in [1.807, 2.05) is 0 Å². The molecule has 2 aliphatic carbocycles. The van der Waals surface area contributed by atoms with E-state index in [1.54, 1.807) is 0 Å². The molecule has 0 aliphatic heterocycles. The first kappa shape index (κ1) is 52.6. The van der Waals surface area contributed by atoms with Crippen LogP contribution in [0.3, 0.4) is 0 Å². The molecule has 0 fully saturated rings. The van der Waals surface area contributed by atoms with Crippen molar-refractivity contribution in [1.82, 2.24) is 13.3 Å². The predicted molar refractivity (Wildman–Crippen MR) is 374 cm³/mol. The zero-order valence-electron chi connectivity index (χ0n) is 49.9. The summed E-state index contributed by atoms with van der Waals surface area (Å²) in [6.07, 6.45) is 0. The summed E-state index contributed by atoms with van der Waals surface area (Å²) < 4.78 is 12.4. The smallest absolute Gasteiger partial charge is 0.129 e. The van der Waals surface area contributed by atoms with Crippen LogP contribution in [0.4, 0.5) is 17.1 Å². The highest BCUT2D eigenvalue weighted by Crippen LogP contribution is 2.52. The van der Waals surface area contributed by atoms with E-state index in [1.165, 1.54) is 123 Å². The van der Waals surface area contributed by atoms with Gasteiger partial charge in [-0.15, -0.1) is 0 Å². The summed E-state index contributed by atoms with van der Waals surface area (Å²) in [7, 11) is 0. The van der Waals surface area contributed by atoms with E-state index in [0.29, 0.717) is 0 Å². The maximum absolute atomic E-state index is 4.99. The Morgan fingerprint density at radius 3 is 1.19 bits per heavy atom. The summed E-state index contributed by atoms with van der Waals surface area (Å²) in [4.78, 5) is 2.29. The van der Waals surface area contributed by atoms with Crippen molar-refractivity contribution in [2.45, 2.75) is 38.5 Å². The van der Waals surface area contributed by atoms with Gasteiger partial charge in [-0.1, -0.05) is 234 Å². The Kier molecular flexibility index (Phi) is 12.1. The van der Waals surface area contributed by atoms with Gasteiger partial charge in [-0.05, 0) is 191 Å². The number of nitrogens with zero attached hydrogens (tertiary/aromatic N) is 4. The molecule has 2 heterocycles. The lowest BCUT2D eigenvalue weighted by Crippen LogP contribution is -2.14. The third kappa shape index (κ3) is 8.55. The van der Waals surface area contributed by atoms with Crippen LogP contribution in [0.15, 0.2) is 291 Å². The second-order valence-corrected chi connectivity index (χ2v) is 25.6. The summed E-state index contributed by atoms with van der Waals surface area (Å²) in [5.74, 6) is 0. The number of hydrogen-bond acceptors (Lipinski definition) is 4. The van der Waals surface area contributed by atoms with Crippen LogP contribution in [0.2, 0.25) is 0 Å². The van der Waals surface area contributed by atoms with E-state index in [-0.39, 0.29) is 10.8 Å². The van der Waals surface area contributed by atoms with E-state index < -0.39 is 0 Å². The summed E-state index contributed by atoms with van der Waals surface area (Å²) in [5, 5.41) is 2.41. The highest BCUT2D eigenvalue weighted by Gasteiger charge is 2.37. The number of rotatable bonds is 10. The Morgan fingerprint density at radius 1 is 0.292 bits per heavy atom. The van der Waals surface area contributed by atoms with Gasteiger partial charge in [0, 0.05) is 44.2 Å². The van der Waals surface area contributed by atoms with Gasteiger partial charge in [-0.3, -0.25) is 0 Å². The standard InChI is InChI=1S/C84H60N4S/c1-83(2)74-21-13-11-19-68(74)70-43-35-62(51-76(70)83)57-27-23-55(24-28-57)60-37-46-78-72(49-60)73-50-61(56-25-29-58(30-26-56)63-36-44-71-69-20-12-14-22-75(69)84(3,4)77(71)52-63)38-47-79(73)88(78)66-41-33-59(34-42-66)67-45-48-80(82-81(67)85-89-86-82)87(64-17-9-6-10-18-64)65-39-31-54(32-40-65)53-15-7-5-8-16-53/h5-52H,1-4H3. The van der Waals surface area contributed by atoms with Crippen LogP contribution in [0, 0.1) is 0 Å². The van der Waals surface area contributed by atoms with Crippen molar-refractivity contribution in [2.24, 2.45) is 0 Å². The maximum Gasteiger partial charge on any atom is 0.129 e. The van der Waals surface area contributed by atoms with E-state index in [0.717, 1.165) is 55.9 Å². The van der Waals surface area contributed by atoms with Gasteiger partial charge >= 0.3 is 0 Å². The molecule has 15 aromatic rings. The first-order valence-corrected chi connectivity index (χ1v) is 31.5. The SMILES string of the molecule is CC1(C)c2ccccc2-c2ccc(-c3ccc(-c4ccc5c(c4)c4cc(-c6ccc(-c7ccc8c(c7)C(C)(C)c7ccccc7-8)cc6)ccc4n5-c4ccc(-c5ccc(N(c6ccccc6)c6ccc(-c7ccccc7)cc6)c6nsnc56)cc4)cc3)cc21. The third-order valence-electron chi connectivity index (χ3n) is 19.4. The van der Waals surface area contributed by atoms with E-state index in [9.17, 15) is 0 Å². The van der Waals surface area contributed by atoms with Gasteiger partial charge in [0.15, 0.2) is 0 Å². The molecular weight excluding hydrogens is 1100 g/mol. The number of hydrogen-bond donors (Lipinski definition) is 0. The lowest BCUT2D eigenvalue weighted by Gasteiger charge is -2.26. The molecule has 0 saturated heterocycles. The maximum atomic E-state index is 4.99. The van der Waals surface area contributed by atoms with Crippen LogP contribution >= 0.6 is 11.7 Å². The van der Waals surface area contributed by atoms with Crippen LogP contribution in [-0.2, 0) is 10.8 Å². The number of anilines is 3. The van der Waals surface area contributed by atoms with Gasteiger partial charge in [0.2, 0.25) is 0 Å². The lowest BCUT2D eigenvalue weighted by molar-refractivity contribution is 0.660. The van der Waals surface area contributed by atoms with Crippen molar-refractivity contribution in [1.29, 1.82) is 0 Å². The topological polar surface area (TPSA) is 34.0 Å². The summed E-state index contributed by atoms with van der Waals surface area (Å²) in [5.41, 5.74) is 33.2. The van der Waals surface area contributed by atoms with Crippen molar-refractivity contribution >= 4 is 61.6 Å². The Morgan fingerprint density at radius 2 is 0.663 bits per heavy atom. The minimum Gasteiger partial charge on any atom is -0.309 e. The molecule has 0 N–H and O–H groups in total. The van der Waals surface area contributed by atoms with Crippen molar-refractivity contribution in [3.63, 3.8) is 0 Å². The number of aromatic nitrogens is 3. The van der Waals surface area contributed by atoms with Crippen LogP contribution < -0.4 is 4.90 Å². The zero-order chi connectivity index (χ0) is 59.5. The second-order valence-electron chi connectivity index (χ2n) is 25.0. The molecule has 0 bridgehead atoms. The predicted octanol–water partition coefficient (Wildman–Crippen LogP) is 22.9. The normalized spacial score (nSPS) is 13.3. The largest absolute Gasteiger partial charge is 0.309 e. The Hall–Kier alpha value is -10.7. The Bertz CT molecular complexity index is 5060. The molecule has 2 aliphatic rings. The second kappa shape index (κ2) is 20.5. The summed E-state index contributed by atoms with van der Waals surface area (Å²) in [6.45, 7) is 9.41. The van der Waals surface area contributed by atoms with Gasteiger partial charge in [-0.2, -0.15) is 8.75 Å². The highest BCUT2D eigenvalue weighted by atomic mass is 32.1. The van der Waals surface area contributed by atoms with Crippen LogP contribution in [0.5, 0.6) is 0 Å². The molecule has 0 saturated carbocycles. The van der Waals surface area contributed by atoms with Crippen LogP contribution in [-0.4, -0.2) is 13.3 Å². The molecule has 5 heteroatoms. The molecule has 17 rings (SSSR count). The number of benzene rings is 13. The molecule has 0 atom stereocenters. The van der Waals surface area contributed by atoms with Gasteiger partial charge in [0.25, 0.3) is 0 Å². The fraction of sp³-hybridized carbons (Fsp3) is 0.0714. The minimum absolute atomic E-state index is 0.0570. The fourth-order valence-corrected chi connectivity index (χ4v) is 15.2. The zero-order valence-corrected chi connectivity index (χ0v) is 50.7. The van der Waals surface area contributed by atoms with E-state index >= 15 is 0 Å². The van der Waals surface area contributed by atoms with Crippen molar-refractivity contribution in [3.05, 3.63) is 313 Å². The molecule has 0 radical (unpaired) electrons. The highest BCUT2D eigenvalue weighted by molar-refractivity contribution is 7.00. The molecule has 4 nitrogen and oxygen atoms in total. The fourth-order valence-electron chi connectivity index (χ4n) is 14.6. The van der Waals surface area contributed by atoms with Gasteiger partial charge in [0.05, 0.1) is 28.4 Å². The van der Waals surface area contributed by atoms with E-state index in [4.69, 9.17) is 8.75 Å². The van der Waals surface area contributed by atoms with Gasteiger partial charge in [-0.25, -0.2) is 0 Å². The lowest BCUT2D eigenvalue weighted by atomic mass is 9.81. The first-order valence-electron chi connectivity index (χ1n) is 30.8. The summed E-state index contributed by atoms with van der Waals surface area (Å²) >= 11 is 1.26. The average molecular weight is 1160 g/mol. The van der Waals surface area contributed by atoms with Gasteiger partial charge < -0.3 is 9.47 Å². The monoisotopic (exact) mass is 1160 g/mol. The van der Waals surface area contributed by atoms with Crippen molar-refractivity contribution in [3.8, 4) is 94.7 Å². The first-order chi connectivity index (χ1) is 43.6. The molecule has 89 heavy (non-hydrogen) atoms. The molecular formula is C84H60N4S. The average Bonchev–Trinajstić information content (AvgIpc) is 1.71. The molecule has 2 aromatic heterocycles. The summed E-state index contributed by atoms with van der Waals surface area (Å²) in [6, 6.07) is 107. The third-order valence-corrected chi connectivity index (χ3v) is 19.9. The van der Waals surface area contributed by atoms with Crippen LogP contribution in [0.1, 0.15) is 49.9 Å². The molecule has 0 spiro atoms. The van der Waals surface area contributed by atoms with Crippen molar-refractivity contribution < 1.29 is 0 Å². The van der Waals surface area contributed by atoms with Crippen molar-refractivity contribution in [2.75, 3.05) is 4.90 Å². The molecule has 422 valence electrons. The van der Waals surface area contributed by atoms with Gasteiger partial charge in [0.1, 0.15) is 11.0 Å². The molecule has 0 amide bonds. The van der Waals surface area contributed by atoms with Crippen LogP contribution in [0.25, 0.3) is 128 Å². The molecule has 0 unspecified atom stereocenters. The quantitative estimate of drug-likeness (QED) is 0.137. The number of para-hydroxylation sites is 1. The molecule has 13 aromatic carbocycles.